The topological polar surface area (TPSA) is 81.8 Å². The number of rotatable bonds is 1. The molecular weight excluding hydrogens is 198 g/mol. The predicted molar refractivity (Wildman–Crippen MR) is 54.2 cm³/mol. The minimum Gasteiger partial charge on any atom is -0.458 e. The summed E-state index contributed by atoms with van der Waals surface area (Å²) in [5.41, 5.74) is 3.43. The summed E-state index contributed by atoms with van der Waals surface area (Å²) in [5, 5.41) is 10.1. The van der Waals surface area contributed by atoms with Gasteiger partial charge in [0.05, 0.1) is 19.3 Å². The number of aliphatic hydroxyl groups is 1. The number of esters is 1. The summed E-state index contributed by atoms with van der Waals surface area (Å²) in [4.78, 5) is 11.7. The molecule has 0 aliphatic carbocycles. The SMILES string of the molecule is CC(C)(C)OC(=O)C1(O)CCOCC1N. The Morgan fingerprint density at radius 1 is 1.60 bits per heavy atom. The van der Waals surface area contributed by atoms with Crippen molar-refractivity contribution in [3.63, 3.8) is 0 Å². The standard InChI is InChI=1S/C10H19NO4/c1-9(2,3)15-8(12)10(13)4-5-14-6-7(10)11/h7,13H,4-6,11H2,1-3H3. The lowest BCUT2D eigenvalue weighted by Crippen LogP contribution is -2.60. The molecule has 1 saturated heterocycles. The summed E-state index contributed by atoms with van der Waals surface area (Å²) in [6.45, 7) is 5.75. The van der Waals surface area contributed by atoms with Gasteiger partial charge in [0.15, 0.2) is 5.60 Å². The molecule has 0 aromatic heterocycles. The number of nitrogens with two attached hydrogens (primary N) is 1. The van der Waals surface area contributed by atoms with Crippen LogP contribution in [0, 0.1) is 0 Å². The molecule has 88 valence electrons. The van der Waals surface area contributed by atoms with Crippen molar-refractivity contribution in [1.29, 1.82) is 0 Å². The van der Waals surface area contributed by atoms with Crippen LogP contribution in [0.2, 0.25) is 0 Å². The minimum atomic E-state index is -1.61. The van der Waals surface area contributed by atoms with Crippen molar-refractivity contribution in [3.05, 3.63) is 0 Å². The quantitative estimate of drug-likeness (QED) is 0.595. The molecule has 0 saturated carbocycles. The molecular formula is C10H19NO4. The van der Waals surface area contributed by atoms with Crippen LogP contribution in [0.4, 0.5) is 0 Å². The van der Waals surface area contributed by atoms with E-state index in [9.17, 15) is 9.90 Å². The number of carbonyl (C=O) groups excluding carboxylic acids is 1. The van der Waals surface area contributed by atoms with E-state index in [1.54, 1.807) is 20.8 Å². The largest absolute Gasteiger partial charge is 0.458 e. The van der Waals surface area contributed by atoms with Gasteiger partial charge in [-0.3, -0.25) is 0 Å². The summed E-state index contributed by atoms with van der Waals surface area (Å²) in [6.07, 6.45) is 0.184. The Hall–Kier alpha value is -0.650. The van der Waals surface area contributed by atoms with E-state index in [1.165, 1.54) is 0 Å². The first kappa shape index (κ1) is 12.4. The molecule has 0 radical (unpaired) electrons. The average molecular weight is 217 g/mol. The Labute approximate surface area is 89.5 Å². The van der Waals surface area contributed by atoms with Crippen LogP contribution in [0.15, 0.2) is 0 Å². The second-order valence-electron chi connectivity index (χ2n) is 4.86. The van der Waals surface area contributed by atoms with Gasteiger partial charge < -0.3 is 20.3 Å². The lowest BCUT2D eigenvalue weighted by Gasteiger charge is -2.37. The van der Waals surface area contributed by atoms with Crippen molar-refractivity contribution in [2.75, 3.05) is 13.2 Å². The van der Waals surface area contributed by atoms with Gasteiger partial charge in [-0.1, -0.05) is 0 Å². The molecule has 1 rings (SSSR count). The monoisotopic (exact) mass is 217 g/mol. The number of hydrogen-bond acceptors (Lipinski definition) is 5. The third-order valence-corrected chi connectivity index (χ3v) is 2.29. The zero-order valence-electron chi connectivity index (χ0n) is 9.45. The lowest BCUT2D eigenvalue weighted by atomic mass is 9.90. The fourth-order valence-electron chi connectivity index (χ4n) is 1.38. The maximum absolute atomic E-state index is 11.7. The average Bonchev–Trinajstić information content (AvgIpc) is 2.07. The lowest BCUT2D eigenvalue weighted by molar-refractivity contribution is -0.188. The first-order valence-electron chi connectivity index (χ1n) is 5.05. The molecule has 1 aliphatic heterocycles. The highest BCUT2D eigenvalue weighted by molar-refractivity contribution is 5.80. The predicted octanol–water partition coefficient (Wildman–Crippen LogP) is -0.193. The molecule has 5 nitrogen and oxygen atoms in total. The molecule has 15 heavy (non-hydrogen) atoms. The van der Waals surface area contributed by atoms with Gasteiger partial charge in [-0.2, -0.15) is 0 Å². The van der Waals surface area contributed by atoms with Crippen LogP contribution in [0.25, 0.3) is 0 Å². The molecule has 2 unspecified atom stereocenters. The highest BCUT2D eigenvalue weighted by atomic mass is 16.6. The van der Waals surface area contributed by atoms with Crippen molar-refractivity contribution >= 4 is 5.97 Å². The molecule has 1 fully saturated rings. The Morgan fingerprint density at radius 3 is 2.67 bits per heavy atom. The van der Waals surface area contributed by atoms with Crippen LogP contribution >= 0.6 is 0 Å². The fraction of sp³-hybridized carbons (Fsp3) is 0.900. The second-order valence-corrected chi connectivity index (χ2v) is 4.86. The first-order chi connectivity index (χ1) is 6.76. The third-order valence-electron chi connectivity index (χ3n) is 2.29. The zero-order chi connectivity index (χ0) is 11.7. The Morgan fingerprint density at radius 2 is 2.20 bits per heavy atom. The fourth-order valence-corrected chi connectivity index (χ4v) is 1.38. The molecule has 0 bridgehead atoms. The summed E-state index contributed by atoms with van der Waals surface area (Å²) < 4.78 is 10.2. The van der Waals surface area contributed by atoms with Crippen molar-refractivity contribution in [3.8, 4) is 0 Å². The van der Waals surface area contributed by atoms with Crippen molar-refractivity contribution in [1.82, 2.24) is 0 Å². The molecule has 0 aromatic carbocycles. The van der Waals surface area contributed by atoms with E-state index < -0.39 is 23.2 Å². The van der Waals surface area contributed by atoms with Crippen LogP contribution in [-0.4, -0.2) is 41.5 Å². The van der Waals surface area contributed by atoms with Crippen LogP contribution in [0.3, 0.4) is 0 Å². The van der Waals surface area contributed by atoms with Gasteiger partial charge in [-0.15, -0.1) is 0 Å². The maximum Gasteiger partial charge on any atom is 0.340 e. The zero-order valence-corrected chi connectivity index (χ0v) is 9.45. The second kappa shape index (κ2) is 4.08. The Bertz CT molecular complexity index is 248. The molecule has 0 aromatic rings. The van der Waals surface area contributed by atoms with Crippen LogP contribution < -0.4 is 5.73 Å². The van der Waals surface area contributed by atoms with Gasteiger partial charge in [0, 0.05) is 6.42 Å². The highest BCUT2D eigenvalue weighted by Gasteiger charge is 2.47. The van der Waals surface area contributed by atoms with E-state index in [0.717, 1.165) is 0 Å². The molecule has 0 spiro atoms. The van der Waals surface area contributed by atoms with E-state index in [-0.39, 0.29) is 13.0 Å². The van der Waals surface area contributed by atoms with Crippen LogP contribution in [-0.2, 0) is 14.3 Å². The molecule has 1 heterocycles. The van der Waals surface area contributed by atoms with E-state index in [4.69, 9.17) is 15.2 Å². The van der Waals surface area contributed by atoms with Gasteiger partial charge in [0.2, 0.25) is 0 Å². The van der Waals surface area contributed by atoms with E-state index >= 15 is 0 Å². The summed E-state index contributed by atoms with van der Waals surface area (Å²) in [6, 6.07) is -0.721. The van der Waals surface area contributed by atoms with Crippen molar-refractivity contribution in [2.45, 2.75) is 44.4 Å². The van der Waals surface area contributed by atoms with Crippen LogP contribution in [0.5, 0.6) is 0 Å². The van der Waals surface area contributed by atoms with Gasteiger partial charge in [-0.05, 0) is 20.8 Å². The molecule has 3 N–H and O–H groups in total. The van der Waals surface area contributed by atoms with Gasteiger partial charge >= 0.3 is 5.97 Å². The maximum atomic E-state index is 11.7. The normalized spacial score (nSPS) is 32.5. The van der Waals surface area contributed by atoms with Crippen molar-refractivity contribution in [2.24, 2.45) is 5.73 Å². The molecule has 5 heteroatoms. The number of hydrogen-bond donors (Lipinski definition) is 2. The first-order valence-corrected chi connectivity index (χ1v) is 5.05. The van der Waals surface area contributed by atoms with Crippen LogP contribution in [0.1, 0.15) is 27.2 Å². The van der Waals surface area contributed by atoms with Gasteiger partial charge in [-0.25, -0.2) is 4.79 Å². The molecule has 0 amide bonds. The third kappa shape index (κ3) is 2.90. The number of carbonyl (C=O) groups is 1. The Balaban J connectivity index is 2.71. The Kier molecular flexibility index (Phi) is 3.38. The van der Waals surface area contributed by atoms with Gasteiger partial charge in [0.25, 0.3) is 0 Å². The summed E-state index contributed by atoms with van der Waals surface area (Å²) in [5.74, 6) is -0.661. The highest BCUT2D eigenvalue weighted by Crippen LogP contribution is 2.23. The van der Waals surface area contributed by atoms with E-state index in [2.05, 4.69) is 0 Å². The van der Waals surface area contributed by atoms with E-state index in [1.807, 2.05) is 0 Å². The summed E-state index contributed by atoms with van der Waals surface area (Å²) >= 11 is 0. The van der Waals surface area contributed by atoms with E-state index in [0.29, 0.717) is 6.61 Å². The minimum absolute atomic E-state index is 0.176. The van der Waals surface area contributed by atoms with Gasteiger partial charge in [0.1, 0.15) is 5.60 Å². The smallest absolute Gasteiger partial charge is 0.340 e. The van der Waals surface area contributed by atoms with Crippen molar-refractivity contribution < 1.29 is 19.4 Å². The molecule has 1 aliphatic rings. The summed E-state index contributed by atoms with van der Waals surface area (Å²) in [7, 11) is 0. The number of ether oxygens (including phenoxy) is 2. The molecule has 2 atom stereocenters.